The van der Waals surface area contributed by atoms with Crippen LogP contribution in [0.4, 0.5) is 23.7 Å². The quantitative estimate of drug-likeness (QED) is 0.850. The summed E-state index contributed by atoms with van der Waals surface area (Å²) in [5.41, 5.74) is -2.31. The highest BCUT2D eigenvalue weighted by Gasteiger charge is 2.49. The maximum atomic E-state index is 12.9. The molecule has 1 saturated heterocycles. The molecule has 1 aromatic carbocycles. The number of carbonyl (C=O) groups is 2. The molecule has 3 amide bonds. The molecule has 0 spiro atoms. The highest BCUT2D eigenvalue weighted by molar-refractivity contribution is 6.31. The monoisotopic (exact) mass is 334 g/mol. The summed E-state index contributed by atoms with van der Waals surface area (Å²) < 4.78 is 38.7. The fourth-order valence-electron chi connectivity index (χ4n) is 2.45. The maximum absolute atomic E-state index is 12.9. The van der Waals surface area contributed by atoms with E-state index in [-0.39, 0.29) is 5.69 Å². The Kier molecular flexibility index (Phi) is 4.12. The zero-order valence-electron chi connectivity index (χ0n) is 11.9. The van der Waals surface area contributed by atoms with Crippen molar-refractivity contribution >= 4 is 29.2 Å². The third-order valence-electron chi connectivity index (χ3n) is 3.88. The number of benzene rings is 1. The van der Waals surface area contributed by atoms with E-state index < -0.39 is 34.2 Å². The van der Waals surface area contributed by atoms with E-state index in [1.54, 1.807) is 13.8 Å². The van der Waals surface area contributed by atoms with Gasteiger partial charge in [0, 0.05) is 0 Å². The number of halogens is 4. The molecule has 8 heteroatoms. The molecular weight excluding hydrogens is 321 g/mol. The number of hydrogen-bond donors (Lipinski definition) is 1. The molecule has 0 aliphatic carbocycles. The van der Waals surface area contributed by atoms with Gasteiger partial charge in [0.15, 0.2) is 0 Å². The molecule has 1 heterocycles. The summed E-state index contributed by atoms with van der Waals surface area (Å²) in [6.45, 7) is 3.46. The fraction of sp³-hybridized carbons (Fsp3) is 0.429. The summed E-state index contributed by atoms with van der Waals surface area (Å²) in [5.74, 6) is -0.557. The molecule has 22 heavy (non-hydrogen) atoms. The molecular formula is C14H14ClF3N2O2. The van der Waals surface area contributed by atoms with Crippen LogP contribution < -0.4 is 10.2 Å². The van der Waals surface area contributed by atoms with E-state index in [0.29, 0.717) is 18.9 Å². The van der Waals surface area contributed by atoms with Crippen LogP contribution in [0.5, 0.6) is 0 Å². The van der Waals surface area contributed by atoms with E-state index in [2.05, 4.69) is 5.32 Å². The van der Waals surface area contributed by atoms with Crippen LogP contribution >= 0.6 is 11.6 Å². The first-order valence-electron chi connectivity index (χ1n) is 6.69. The number of nitrogens with zero attached hydrogens (tertiary/aromatic N) is 1. The molecule has 4 nitrogen and oxygen atoms in total. The van der Waals surface area contributed by atoms with Crippen molar-refractivity contribution in [2.24, 2.45) is 0 Å². The van der Waals surface area contributed by atoms with Gasteiger partial charge in [-0.2, -0.15) is 13.2 Å². The highest BCUT2D eigenvalue weighted by Crippen LogP contribution is 2.38. The second kappa shape index (κ2) is 5.46. The van der Waals surface area contributed by atoms with Crippen LogP contribution in [0.2, 0.25) is 5.02 Å². The summed E-state index contributed by atoms with van der Waals surface area (Å²) >= 11 is 5.55. The Bertz CT molecular complexity index is 627. The van der Waals surface area contributed by atoms with Gasteiger partial charge in [0.1, 0.15) is 5.54 Å². The smallest absolute Gasteiger partial charge is 0.323 e. The number of hydrogen-bond acceptors (Lipinski definition) is 2. The Morgan fingerprint density at radius 2 is 1.82 bits per heavy atom. The molecule has 1 aliphatic heterocycles. The van der Waals surface area contributed by atoms with Crippen molar-refractivity contribution in [3.63, 3.8) is 0 Å². The van der Waals surface area contributed by atoms with Crippen LogP contribution in [0.1, 0.15) is 32.3 Å². The number of alkyl halides is 3. The van der Waals surface area contributed by atoms with Crippen LogP contribution in [0.25, 0.3) is 0 Å². The lowest BCUT2D eigenvalue weighted by Gasteiger charge is -2.23. The predicted octanol–water partition coefficient (Wildman–Crippen LogP) is 3.97. The van der Waals surface area contributed by atoms with Gasteiger partial charge >= 0.3 is 12.2 Å². The Morgan fingerprint density at radius 3 is 2.27 bits per heavy atom. The largest absolute Gasteiger partial charge is 0.417 e. The molecule has 120 valence electrons. The molecule has 0 aromatic heterocycles. The number of amides is 3. The molecule has 0 radical (unpaired) electrons. The molecule has 0 unspecified atom stereocenters. The van der Waals surface area contributed by atoms with Gasteiger partial charge < -0.3 is 5.32 Å². The average Bonchev–Trinajstić information content (AvgIpc) is 2.70. The lowest BCUT2D eigenvalue weighted by atomic mass is 9.93. The summed E-state index contributed by atoms with van der Waals surface area (Å²) in [6, 6.07) is 2.22. The fourth-order valence-corrected chi connectivity index (χ4v) is 2.68. The van der Waals surface area contributed by atoms with Gasteiger partial charge in [0.25, 0.3) is 5.91 Å². The van der Waals surface area contributed by atoms with Gasteiger partial charge in [-0.15, -0.1) is 0 Å². The Morgan fingerprint density at radius 1 is 1.23 bits per heavy atom. The second-order valence-corrected chi connectivity index (χ2v) is 5.43. The summed E-state index contributed by atoms with van der Waals surface area (Å²) in [5, 5.41) is 2.08. The minimum absolute atomic E-state index is 0.150. The summed E-state index contributed by atoms with van der Waals surface area (Å²) in [6.07, 6.45) is -3.96. The number of nitrogens with one attached hydrogen (secondary N) is 1. The number of anilines is 1. The minimum Gasteiger partial charge on any atom is -0.323 e. The Hall–Kier alpha value is -1.76. The van der Waals surface area contributed by atoms with E-state index in [9.17, 15) is 22.8 Å². The van der Waals surface area contributed by atoms with E-state index in [1.165, 1.54) is 6.07 Å². The first kappa shape index (κ1) is 16.6. The summed E-state index contributed by atoms with van der Waals surface area (Å²) in [7, 11) is 0. The summed E-state index contributed by atoms with van der Waals surface area (Å²) in [4.78, 5) is 25.3. The zero-order chi connectivity index (χ0) is 16.7. The molecule has 0 bridgehead atoms. The third kappa shape index (κ3) is 2.54. The van der Waals surface area contributed by atoms with Crippen LogP contribution in [-0.2, 0) is 11.0 Å². The lowest BCUT2D eigenvalue weighted by Crippen LogP contribution is -2.45. The highest BCUT2D eigenvalue weighted by atomic mass is 35.5. The van der Waals surface area contributed by atoms with E-state index in [0.717, 1.165) is 11.0 Å². The first-order chi connectivity index (χ1) is 10.2. The second-order valence-electron chi connectivity index (χ2n) is 5.02. The Balaban J connectivity index is 2.49. The number of rotatable bonds is 3. The van der Waals surface area contributed by atoms with Crippen molar-refractivity contribution in [3.8, 4) is 0 Å². The molecule has 2 rings (SSSR count). The van der Waals surface area contributed by atoms with Gasteiger partial charge in [-0.05, 0) is 31.0 Å². The number of urea groups is 1. The van der Waals surface area contributed by atoms with Gasteiger partial charge in [-0.25, -0.2) is 9.69 Å². The average molecular weight is 335 g/mol. The standard InChI is InChI=1S/C14H14ClF3N2O2/c1-3-13(4-2)11(21)20(12(22)19-13)8-5-6-10(15)9(7-8)14(16,17)18/h5-7H,3-4H2,1-2H3,(H,19,22). The van der Waals surface area contributed by atoms with Gasteiger partial charge in [-0.3, -0.25) is 4.79 Å². The molecule has 1 N–H and O–H groups in total. The van der Waals surface area contributed by atoms with Crippen molar-refractivity contribution in [1.29, 1.82) is 0 Å². The predicted molar refractivity (Wildman–Crippen MR) is 75.8 cm³/mol. The first-order valence-corrected chi connectivity index (χ1v) is 7.07. The van der Waals surface area contributed by atoms with Crippen molar-refractivity contribution < 1.29 is 22.8 Å². The van der Waals surface area contributed by atoms with E-state index in [1.807, 2.05) is 0 Å². The lowest BCUT2D eigenvalue weighted by molar-refractivity contribution is -0.137. The number of imide groups is 1. The van der Waals surface area contributed by atoms with Crippen molar-refractivity contribution in [3.05, 3.63) is 28.8 Å². The zero-order valence-corrected chi connectivity index (χ0v) is 12.7. The third-order valence-corrected chi connectivity index (χ3v) is 4.21. The molecule has 1 aromatic rings. The van der Waals surface area contributed by atoms with E-state index >= 15 is 0 Å². The van der Waals surface area contributed by atoms with Crippen molar-refractivity contribution in [2.45, 2.75) is 38.4 Å². The topological polar surface area (TPSA) is 49.4 Å². The SMILES string of the molecule is CCC1(CC)NC(=O)N(c2ccc(Cl)c(C(F)(F)F)c2)C1=O. The van der Waals surface area contributed by atoms with Gasteiger partial charge in [0.2, 0.25) is 0 Å². The van der Waals surface area contributed by atoms with Crippen LogP contribution in [0, 0.1) is 0 Å². The molecule has 0 saturated carbocycles. The van der Waals surface area contributed by atoms with Gasteiger partial charge in [-0.1, -0.05) is 25.4 Å². The van der Waals surface area contributed by atoms with Crippen LogP contribution in [0.3, 0.4) is 0 Å². The molecule has 1 fully saturated rings. The Labute approximate surface area is 130 Å². The maximum Gasteiger partial charge on any atom is 0.417 e. The number of carbonyl (C=O) groups excluding carboxylic acids is 2. The van der Waals surface area contributed by atoms with Crippen LogP contribution in [0.15, 0.2) is 18.2 Å². The van der Waals surface area contributed by atoms with E-state index in [4.69, 9.17) is 11.6 Å². The minimum atomic E-state index is -4.67. The van der Waals surface area contributed by atoms with Gasteiger partial charge in [0.05, 0.1) is 16.3 Å². The normalized spacial score (nSPS) is 17.8. The van der Waals surface area contributed by atoms with Crippen molar-refractivity contribution in [2.75, 3.05) is 4.90 Å². The molecule has 1 aliphatic rings. The van der Waals surface area contributed by atoms with Crippen molar-refractivity contribution in [1.82, 2.24) is 5.32 Å². The molecule has 0 atom stereocenters. The van der Waals surface area contributed by atoms with Crippen LogP contribution in [-0.4, -0.2) is 17.5 Å².